The highest BCUT2D eigenvalue weighted by atomic mass is 33.1. The molecule has 0 unspecified atom stereocenters. The lowest BCUT2D eigenvalue weighted by Crippen LogP contribution is -1.87. The molecule has 0 nitrogen and oxygen atoms in total. The highest BCUT2D eigenvalue weighted by Gasteiger charge is 2.26. The Morgan fingerprint density at radius 2 is 0.750 bits per heavy atom. The standard InChI is InChI=1S/C40H56S4/c1-3-5-7-9-11-13-15-17-19-21-23-31-25-27-33-35(29-31)41-39-37(33)43-44-38-34-28-26-32(30-36(34)42-40(38)39)24-22-20-18-16-14-12-10-8-6-4-2/h25-30H,3-24H2,1-2H3. The van der Waals surface area contributed by atoms with Crippen LogP contribution in [0.3, 0.4) is 0 Å². The minimum Gasteiger partial charge on any atom is -0.133 e. The molecule has 4 aromatic rings. The van der Waals surface area contributed by atoms with Gasteiger partial charge < -0.3 is 0 Å². The van der Waals surface area contributed by atoms with E-state index in [0.717, 1.165) is 0 Å². The van der Waals surface area contributed by atoms with Crippen molar-refractivity contribution in [3.05, 3.63) is 47.5 Å². The quantitative estimate of drug-likeness (QED) is 0.0606. The van der Waals surface area contributed by atoms with Gasteiger partial charge >= 0.3 is 0 Å². The van der Waals surface area contributed by atoms with E-state index in [1.807, 2.05) is 44.3 Å². The number of benzene rings is 2. The third-order valence-electron chi connectivity index (χ3n) is 9.47. The van der Waals surface area contributed by atoms with Crippen molar-refractivity contribution < 1.29 is 0 Å². The molecular weight excluding hydrogens is 609 g/mol. The van der Waals surface area contributed by atoms with E-state index in [9.17, 15) is 0 Å². The van der Waals surface area contributed by atoms with Crippen LogP contribution in [0.4, 0.5) is 0 Å². The van der Waals surface area contributed by atoms with Gasteiger partial charge in [-0.25, -0.2) is 0 Å². The largest absolute Gasteiger partial charge is 0.133 e. The molecule has 1 aliphatic heterocycles. The molecule has 0 radical (unpaired) electrons. The molecule has 5 rings (SSSR count). The summed E-state index contributed by atoms with van der Waals surface area (Å²) in [6.07, 6.45) is 30.6. The summed E-state index contributed by atoms with van der Waals surface area (Å²) in [7, 11) is 3.99. The first-order chi connectivity index (χ1) is 21.8. The molecule has 240 valence electrons. The third-order valence-corrected chi connectivity index (χ3v) is 14.7. The fraction of sp³-hybridized carbons (Fsp3) is 0.600. The fourth-order valence-electron chi connectivity index (χ4n) is 6.73. The van der Waals surface area contributed by atoms with Crippen LogP contribution >= 0.6 is 44.3 Å². The lowest BCUT2D eigenvalue weighted by Gasteiger charge is -2.11. The van der Waals surface area contributed by atoms with Crippen molar-refractivity contribution >= 4 is 64.4 Å². The van der Waals surface area contributed by atoms with Crippen molar-refractivity contribution in [1.29, 1.82) is 0 Å². The summed E-state index contributed by atoms with van der Waals surface area (Å²) in [5.74, 6) is 0. The number of fused-ring (bicyclic) bond motifs is 7. The first-order valence-electron chi connectivity index (χ1n) is 18.2. The summed E-state index contributed by atoms with van der Waals surface area (Å²) >= 11 is 4.08. The number of hydrogen-bond donors (Lipinski definition) is 0. The average Bonchev–Trinajstić information content (AvgIpc) is 3.60. The SMILES string of the molecule is CCCCCCCCCCCCc1ccc2c3c(sc2c1)-c1sc2cc(CCCCCCCCCCCC)ccc2c1SS3. The lowest BCUT2D eigenvalue weighted by atomic mass is 10.0. The van der Waals surface area contributed by atoms with Gasteiger partial charge in [0.2, 0.25) is 0 Å². The summed E-state index contributed by atoms with van der Waals surface area (Å²) in [4.78, 5) is 6.05. The molecule has 0 fully saturated rings. The van der Waals surface area contributed by atoms with E-state index in [4.69, 9.17) is 0 Å². The minimum atomic E-state index is 1.23. The molecule has 4 heteroatoms. The molecule has 0 amide bonds. The number of rotatable bonds is 22. The van der Waals surface area contributed by atoms with E-state index in [1.54, 1.807) is 0 Å². The maximum Gasteiger partial charge on any atom is 0.0612 e. The maximum absolute atomic E-state index is 2.51. The first-order valence-corrected chi connectivity index (χ1v) is 22.0. The highest BCUT2D eigenvalue weighted by Crippen LogP contribution is 2.61. The molecular formula is C40H56S4. The van der Waals surface area contributed by atoms with Gasteiger partial charge in [0.15, 0.2) is 0 Å². The van der Waals surface area contributed by atoms with E-state index < -0.39 is 0 Å². The van der Waals surface area contributed by atoms with Crippen LogP contribution in [0.25, 0.3) is 29.9 Å². The molecule has 44 heavy (non-hydrogen) atoms. The zero-order chi connectivity index (χ0) is 30.4. The Kier molecular flexibility index (Phi) is 14.9. The van der Waals surface area contributed by atoms with Gasteiger partial charge in [0.1, 0.15) is 0 Å². The van der Waals surface area contributed by atoms with Crippen LogP contribution in [-0.4, -0.2) is 0 Å². The van der Waals surface area contributed by atoms with Crippen LogP contribution < -0.4 is 0 Å². The maximum atomic E-state index is 2.51. The van der Waals surface area contributed by atoms with Gasteiger partial charge in [0, 0.05) is 30.0 Å². The Morgan fingerprint density at radius 1 is 0.409 bits per heavy atom. The van der Waals surface area contributed by atoms with Crippen LogP contribution in [-0.2, 0) is 12.8 Å². The molecule has 3 heterocycles. The smallest absolute Gasteiger partial charge is 0.0612 e. The van der Waals surface area contributed by atoms with Crippen molar-refractivity contribution in [2.24, 2.45) is 0 Å². The van der Waals surface area contributed by atoms with E-state index in [1.165, 1.54) is 192 Å². The Bertz CT molecular complexity index is 1300. The number of thiophene rings is 2. The van der Waals surface area contributed by atoms with Crippen LogP contribution in [0.15, 0.2) is 46.2 Å². The summed E-state index contributed by atoms with van der Waals surface area (Å²) in [6, 6.07) is 14.7. The molecule has 2 aromatic heterocycles. The van der Waals surface area contributed by atoms with E-state index >= 15 is 0 Å². The number of aryl methyl sites for hydroxylation is 2. The first kappa shape index (κ1) is 34.4. The van der Waals surface area contributed by atoms with E-state index in [0.29, 0.717) is 0 Å². The minimum absolute atomic E-state index is 1.23. The van der Waals surface area contributed by atoms with Crippen molar-refractivity contribution in [2.45, 2.75) is 165 Å². The van der Waals surface area contributed by atoms with Crippen LogP contribution in [0.2, 0.25) is 0 Å². The number of unbranched alkanes of at least 4 members (excludes halogenated alkanes) is 18. The molecule has 0 aliphatic carbocycles. The van der Waals surface area contributed by atoms with Crippen molar-refractivity contribution in [1.82, 2.24) is 0 Å². The summed E-state index contributed by atoms with van der Waals surface area (Å²) in [5, 5.41) is 2.94. The molecule has 0 atom stereocenters. The summed E-state index contributed by atoms with van der Waals surface area (Å²) in [5.41, 5.74) is 3.06. The molecule has 1 aliphatic rings. The Balaban J connectivity index is 1.10. The van der Waals surface area contributed by atoms with E-state index in [-0.39, 0.29) is 0 Å². The highest BCUT2D eigenvalue weighted by molar-refractivity contribution is 8.77. The summed E-state index contributed by atoms with van der Waals surface area (Å²) < 4.78 is 2.97. The van der Waals surface area contributed by atoms with Crippen LogP contribution in [0, 0.1) is 0 Å². The van der Waals surface area contributed by atoms with Crippen molar-refractivity contribution in [3.63, 3.8) is 0 Å². The monoisotopic (exact) mass is 664 g/mol. The second kappa shape index (κ2) is 19.0. The van der Waals surface area contributed by atoms with Gasteiger partial charge in [-0.1, -0.05) is 175 Å². The van der Waals surface area contributed by atoms with Crippen molar-refractivity contribution in [2.75, 3.05) is 0 Å². The molecule has 0 bridgehead atoms. The van der Waals surface area contributed by atoms with E-state index in [2.05, 4.69) is 50.2 Å². The van der Waals surface area contributed by atoms with Gasteiger partial charge in [-0.05, 0) is 48.9 Å². The van der Waals surface area contributed by atoms with Gasteiger partial charge in [-0.2, -0.15) is 0 Å². The topological polar surface area (TPSA) is 0 Å². The van der Waals surface area contributed by atoms with Crippen molar-refractivity contribution in [3.8, 4) is 9.75 Å². The summed E-state index contributed by atoms with van der Waals surface area (Å²) in [6.45, 7) is 4.61. The lowest BCUT2D eigenvalue weighted by molar-refractivity contribution is 0.556. The third kappa shape index (κ3) is 9.79. The molecule has 2 aromatic carbocycles. The Hall–Kier alpha value is -0.940. The Labute approximate surface area is 285 Å². The second-order valence-corrected chi connectivity index (χ2v) is 17.5. The Morgan fingerprint density at radius 3 is 1.11 bits per heavy atom. The van der Waals surface area contributed by atoms with Crippen LogP contribution in [0.5, 0.6) is 0 Å². The molecule has 0 saturated heterocycles. The van der Waals surface area contributed by atoms with Gasteiger partial charge in [0.25, 0.3) is 0 Å². The zero-order valence-corrected chi connectivity index (χ0v) is 30.9. The predicted octanol–water partition coefficient (Wildman–Crippen LogP) is 15.8. The van der Waals surface area contributed by atoms with Gasteiger partial charge in [-0.15, -0.1) is 22.7 Å². The van der Waals surface area contributed by atoms with Gasteiger partial charge in [0.05, 0.1) is 9.75 Å². The molecule has 0 N–H and O–H groups in total. The fourth-order valence-corrected chi connectivity index (χ4v) is 12.9. The van der Waals surface area contributed by atoms with Crippen LogP contribution in [0.1, 0.15) is 153 Å². The normalized spacial score (nSPS) is 12.8. The number of hydrogen-bond acceptors (Lipinski definition) is 4. The molecule has 0 saturated carbocycles. The predicted molar refractivity (Wildman–Crippen MR) is 205 cm³/mol. The average molecular weight is 665 g/mol. The second-order valence-electron chi connectivity index (χ2n) is 13.2. The zero-order valence-electron chi connectivity index (χ0n) is 27.7. The molecule has 0 spiro atoms. The van der Waals surface area contributed by atoms with Gasteiger partial charge in [-0.3, -0.25) is 0 Å².